The highest BCUT2D eigenvalue weighted by molar-refractivity contribution is 7.70. The Balaban J connectivity index is 0.874. The zero-order chi connectivity index (χ0) is 63.9. The molecule has 28 heteroatoms. The van der Waals surface area contributed by atoms with Crippen LogP contribution in [0.4, 0.5) is 4.79 Å². The summed E-state index contributed by atoms with van der Waals surface area (Å²) >= 11 is 8.46. The molecule has 11 N–H and O–H groups in total. The first-order valence-electron chi connectivity index (χ1n) is 29.0. The van der Waals surface area contributed by atoms with Crippen molar-refractivity contribution in [3.8, 4) is 16.2 Å². The number of H-pyrrole nitrogens is 1. The molecule has 9 atom stereocenters. The van der Waals surface area contributed by atoms with Crippen LogP contribution in [-0.2, 0) is 44.5 Å². The fraction of sp³-hybridized carbons (Fsp3) is 0.483. The minimum atomic E-state index is -5.09. The van der Waals surface area contributed by atoms with Gasteiger partial charge in [-0.3, -0.25) is 43.4 Å². The monoisotopic (exact) mass is 1270 g/mol. The van der Waals surface area contributed by atoms with Crippen molar-refractivity contribution in [2.24, 2.45) is 11.1 Å². The van der Waals surface area contributed by atoms with Crippen molar-refractivity contribution in [3.63, 3.8) is 0 Å². The zero-order valence-corrected chi connectivity index (χ0v) is 52.2. The third-order valence-corrected chi connectivity index (χ3v) is 18.4. The van der Waals surface area contributed by atoms with Crippen molar-refractivity contribution < 1.29 is 72.4 Å². The highest BCUT2D eigenvalue weighted by Gasteiger charge is 2.47. The first kappa shape index (κ1) is 66.7. The van der Waals surface area contributed by atoms with Crippen LogP contribution in [0.25, 0.3) is 21.3 Å². The van der Waals surface area contributed by atoms with Gasteiger partial charge in [-0.25, -0.2) is 9.78 Å². The number of nitrogens with two attached hydrogens (primary N) is 1. The van der Waals surface area contributed by atoms with Crippen molar-refractivity contribution in [3.05, 3.63) is 105 Å². The molecule has 0 aliphatic carbocycles. The minimum Gasteiger partial charge on any atom is -0.490 e. The van der Waals surface area contributed by atoms with Gasteiger partial charge in [-0.05, 0) is 105 Å². The molecule has 3 aromatic carbocycles. The quantitative estimate of drug-likeness (QED) is 0.0308. The number of carbonyl (C=O) groups is 8. The molecule has 25 nitrogen and oxygen atoms in total. The number of hydrogen-bond acceptors (Lipinski definition) is 16. The van der Waals surface area contributed by atoms with Crippen LogP contribution in [0.1, 0.15) is 124 Å². The van der Waals surface area contributed by atoms with E-state index < -0.39 is 115 Å². The Bertz CT molecular complexity index is 3460. The maximum atomic E-state index is 14.7. The SMILES string of the molecule is COC(=O)N1CC[C@H]2CC[C@@H](C(=O)N[C@@H](CCC(N)=O)COc3cccc(CCCC(=O)N[C@H](C(=O)N4C[C@H](O)C[C@H]4C(=O)N[C@@H](C)c4ccc(-c5scnc5C)cc4)C(C)(C)C)c3Cl)N2C(=O)[C@@H](NC(O)c2cc3cc(C(=O)P(=O)(O)O)ccc3[nH]2)C1. The number of aryl methyl sites for hydroxylation is 2. The highest BCUT2D eigenvalue weighted by Crippen LogP contribution is 2.40. The van der Waals surface area contributed by atoms with Crippen molar-refractivity contribution in [1.29, 1.82) is 0 Å². The fourth-order valence-electron chi connectivity index (χ4n) is 11.5. The number of aromatic amines is 1. The molecule has 0 bridgehead atoms. The number of ether oxygens (including phenoxy) is 2. The van der Waals surface area contributed by atoms with E-state index in [1.165, 1.54) is 46.1 Å². The molecule has 0 radical (unpaired) electrons. The molecule has 5 heterocycles. The minimum absolute atomic E-state index is 0.00293. The second kappa shape index (κ2) is 28.5. The van der Waals surface area contributed by atoms with Gasteiger partial charge < -0.3 is 70.8 Å². The highest BCUT2D eigenvalue weighted by atomic mass is 35.5. The first-order valence-corrected chi connectivity index (χ1v) is 31.9. The van der Waals surface area contributed by atoms with Gasteiger partial charge >= 0.3 is 13.7 Å². The summed E-state index contributed by atoms with van der Waals surface area (Å²) < 4.78 is 22.9. The summed E-state index contributed by atoms with van der Waals surface area (Å²) in [6, 6.07) is 12.1. The van der Waals surface area contributed by atoms with Gasteiger partial charge in [-0.1, -0.05) is 68.8 Å². The van der Waals surface area contributed by atoms with E-state index in [9.17, 15) is 62.9 Å². The van der Waals surface area contributed by atoms with E-state index in [0.717, 1.165) is 21.7 Å². The molecule has 1 unspecified atom stereocenters. The van der Waals surface area contributed by atoms with Gasteiger partial charge in [0.15, 0.2) is 0 Å². The summed E-state index contributed by atoms with van der Waals surface area (Å²) in [6.07, 6.45) is -1.81. The number of aliphatic hydroxyl groups excluding tert-OH is 2. The number of likely N-dealkylation sites (tertiary alicyclic amines) is 1. The number of aromatic nitrogens is 2. The van der Waals surface area contributed by atoms with Crippen LogP contribution in [0.3, 0.4) is 0 Å². The Morgan fingerprint density at radius 2 is 1.67 bits per heavy atom. The van der Waals surface area contributed by atoms with E-state index in [1.807, 2.05) is 38.1 Å². The van der Waals surface area contributed by atoms with E-state index in [2.05, 4.69) is 31.2 Å². The van der Waals surface area contributed by atoms with E-state index in [1.54, 1.807) is 55.8 Å². The molecule has 3 aliphatic rings. The number of nitrogens with one attached hydrogen (secondary N) is 5. The number of thiazole rings is 1. The second-order valence-corrected chi connectivity index (χ2v) is 26.4. The normalized spacial score (nSPS) is 20.3. The van der Waals surface area contributed by atoms with Crippen LogP contribution < -0.4 is 31.7 Å². The van der Waals surface area contributed by atoms with Crippen LogP contribution in [0.15, 0.2) is 72.2 Å². The number of carbonyl (C=O) groups excluding carboxylic acids is 8. The second-order valence-electron chi connectivity index (χ2n) is 23.7. The number of halogens is 1. The number of benzene rings is 3. The van der Waals surface area contributed by atoms with Crippen LogP contribution in [0, 0.1) is 12.3 Å². The lowest BCUT2D eigenvalue weighted by Gasteiger charge is -2.39. The van der Waals surface area contributed by atoms with Crippen molar-refractivity contribution in [1.82, 2.24) is 45.9 Å². The Morgan fingerprint density at radius 1 is 0.943 bits per heavy atom. The van der Waals surface area contributed by atoms with E-state index >= 15 is 0 Å². The van der Waals surface area contributed by atoms with Gasteiger partial charge in [0, 0.05) is 61.4 Å². The summed E-state index contributed by atoms with van der Waals surface area (Å²) in [5.41, 5.74) is 8.85. The number of rotatable bonds is 23. The summed E-state index contributed by atoms with van der Waals surface area (Å²) in [6.45, 7) is 8.80. The molecule has 0 saturated carbocycles. The summed E-state index contributed by atoms with van der Waals surface area (Å²) in [7, 11) is -3.90. The van der Waals surface area contributed by atoms with E-state index in [-0.39, 0.29) is 80.4 Å². The van der Waals surface area contributed by atoms with Gasteiger partial charge in [0.2, 0.25) is 35.4 Å². The third-order valence-electron chi connectivity index (χ3n) is 16.2. The molecule has 3 saturated heterocycles. The number of hydrogen-bond donors (Lipinski definition) is 10. The number of aliphatic hydroxyl groups is 2. The summed E-state index contributed by atoms with van der Waals surface area (Å²) in [5, 5.41) is 34.6. The van der Waals surface area contributed by atoms with Gasteiger partial charge in [-0.15, -0.1) is 11.3 Å². The summed E-state index contributed by atoms with van der Waals surface area (Å²) in [5.74, 6) is -2.90. The predicted molar refractivity (Wildman–Crippen MR) is 325 cm³/mol. The molecule has 0 spiro atoms. The molecule has 5 aromatic rings. The number of nitrogens with zero attached hydrogens (tertiary/aromatic N) is 4. The van der Waals surface area contributed by atoms with E-state index in [0.29, 0.717) is 42.1 Å². The molecular weight excluding hydrogens is 1200 g/mol. The number of fused-ring (bicyclic) bond motifs is 2. The molecule has 3 fully saturated rings. The van der Waals surface area contributed by atoms with Crippen molar-refractivity contribution in [2.45, 2.75) is 147 Å². The molecular formula is C60H76ClN10O15PS. The lowest BCUT2D eigenvalue weighted by molar-refractivity contribution is -0.144. The topological polar surface area (TPSA) is 366 Å². The van der Waals surface area contributed by atoms with E-state index in [4.69, 9.17) is 26.8 Å². The molecule has 88 heavy (non-hydrogen) atoms. The fourth-order valence-corrected chi connectivity index (χ4v) is 13.0. The average molecular weight is 1280 g/mol. The van der Waals surface area contributed by atoms with Gasteiger partial charge in [0.1, 0.15) is 42.8 Å². The number of β-amino-alcohol motifs (C(OH)–C–C–N with tert-alkyl or cyclic N) is 1. The number of methoxy groups -OCH3 is 1. The smallest absolute Gasteiger partial charge is 0.409 e. The predicted octanol–water partition coefficient (Wildman–Crippen LogP) is 4.87. The molecule has 2 aromatic heterocycles. The zero-order valence-electron chi connectivity index (χ0n) is 49.7. The van der Waals surface area contributed by atoms with Gasteiger partial charge in [0.05, 0.1) is 52.1 Å². The van der Waals surface area contributed by atoms with Crippen LogP contribution in [0.2, 0.25) is 5.02 Å². The molecule has 3 aliphatic heterocycles. The largest absolute Gasteiger partial charge is 0.490 e. The van der Waals surface area contributed by atoms with Crippen LogP contribution in [-0.4, -0.2) is 167 Å². The Hall–Kier alpha value is -7.29. The van der Waals surface area contributed by atoms with Gasteiger partial charge in [0.25, 0.3) is 5.52 Å². The lowest BCUT2D eigenvalue weighted by Crippen LogP contribution is -2.61. The lowest BCUT2D eigenvalue weighted by atomic mass is 9.85. The number of primary amides is 1. The molecule has 474 valence electrons. The standard InChI is InChI=1S/C60H76ClN10O15PS/c1-32(34-13-15-36(16-14-34)51-33(2)63-31-88-51)64-55(77)46-27-41(72)28-70(46)57(79)52(60(3,4)5)68-49(74)12-8-10-35-9-7-11-47(50(35)61)86-30-39(18-22-48(62)73)65-54(76)45-21-19-40-23-24-69(59(81)85-6)29-44(56(78)71(40)45)67-53(75)43-26-38-25-37(17-20-42(38)66-43)58(80)87(82,83)84/h7,9,11,13-17,20,25-26,31-32,39-41,44-46,52-53,66-67,72,75H,8,10,12,18-19,21-24,27-30H2,1-6H3,(H2,62,73)(H,64,77)(H,65,76)(H,68,74)(H2,82,83,84)/t32-,39-,40+,41+,44-,45-,46-,52+,53?/m0/s1. The average Bonchev–Trinajstić information content (AvgIpc) is 3.27. The molecule has 8 rings (SSSR count). The first-order chi connectivity index (χ1) is 41.6. The number of amides is 7. The third kappa shape index (κ3) is 16.1. The summed E-state index contributed by atoms with van der Waals surface area (Å²) in [4.78, 5) is 140. The maximum absolute atomic E-state index is 14.7. The Kier molecular flexibility index (Phi) is 21.6. The molecule has 7 amide bonds. The Morgan fingerprint density at radius 3 is 2.34 bits per heavy atom. The van der Waals surface area contributed by atoms with Gasteiger partial charge in [-0.2, -0.15) is 0 Å². The van der Waals surface area contributed by atoms with Crippen LogP contribution in [0.5, 0.6) is 5.75 Å². The maximum Gasteiger partial charge on any atom is 0.409 e. The Labute approximate surface area is 517 Å². The van der Waals surface area contributed by atoms with Crippen LogP contribution >= 0.6 is 30.5 Å². The van der Waals surface area contributed by atoms with Crippen molar-refractivity contribution >= 4 is 88.5 Å². The van der Waals surface area contributed by atoms with Crippen molar-refractivity contribution in [2.75, 3.05) is 33.4 Å².